The molecule has 0 bridgehead atoms. The van der Waals surface area contributed by atoms with Crippen molar-refractivity contribution in [2.45, 2.75) is 39.2 Å². The highest BCUT2D eigenvalue weighted by Gasteiger charge is 2.28. The fraction of sp³-hybridized carbons (Fsp3) is 0.500. The molecule has 20 heavy (non-hydrogen) atoms. The highest BCUT2D eigenvalue weighted by Crippen LogP contribution is 2.27. The highest BCUT2D eigenvalue weighted by molar-refractivity contribution is 6.58. The molecule has 1 aliphatic heterocycles. The van der Waals surface area contributed by atoms with Crippen molar-refractivity contribution in [3.63, 3.8) is 0 Å². The highest BCUT2D eigenvalue weighted by atomic mass is 16.6. The summed E-state index contributed by atoms with van der Waals surface area (Å²) < 4.78 is 5.40. The van der Waals surface area contributed by atoms with E-state index in [9.17, 15) is 14.8 Å². The summed E-state index contributed by atoms with van der Waals surface area (Å²) in [6.45, 7) is 6.05. The fourth-order valence-electron chi connectivity index (χ4n) is 2.26. The number of hydrogen-bond donors (Lipinski definition) is 2. The Kier molecular flexibility index (Phi) is 4.06. The average molecular weight is 277 g/mol. The van der Waals surface area contributed by atoms with Crippen LogP contribution in [0.25, 0.3) is 0 Å². The van der Waals surface area contributed by atoms with E-state index in [1.54, 1.807) is 17.0 Å². The quantitative estimate of drug-likeness (QED) is 0.753. The molecule has 1 aliphatic rings. The first-order chi connectivity index (χ1) is 9.28. The lowest BCUT2D eigenvalue weighted by Crippen LogP contribution is -2.41. The lowest BCUT2D eigenvalue weighted by atomic mass is 9.79. The van der Waals surface area contributed by atoms with Gasteiger partial charge in [0, 0.05) is 12.2 Å². The van der Waals surface area contributed by atoms with Crippen molar-refractivity contribution >= 4 is 24.4 Å². The van der Waals surface area contributed by atoms with E-state index in [1.807, 2.05) is 26.8 Å². The van der Waals surface area contributed by atoms with Gasteiger partial charge in [0.05, 0.1) is 0 Å². The number of ether oxygens (including phenoxy) is 1. The summed E-state index contributed by atoms with van der Waals surface area (Å²) in [6, 6.07) is 5.14. The first kappa shape index (κ1) is 14.9. The van der Waals surface area contributed by atoms with Gasteiger partial charge in [0.15, 0.2) is 0 Å². The number of fused-ring (bicyclic) bond motifs is 1. The van der Waals surface area contributed by atoms with E-state index in [0.717, 1.165) is 18.4 Å². The van der Waals surface area contributed by atoms with E-state index in [1.165, 1.54) is 0 Å². The van der Waals surface area contributed by atoms with Crippen LogP contribution in [0.2, 0.25) is 0 Å². The number of anilines is 1. The third-order valence-electron chi connectivity index (χ3n) is 3.14. The molecule has 0 saturated carbocycles. The van der Waals surface area contributed by atoms with Crippen molar-refractivity contribution in [3.8, 4) is 0 Å². The largest absolute Gasteiger partial charge is 0.488 e. The van der Waals surface area contributed by atoms with Crippen LogP contribution in [-0.4, -0.2) is 35.4 Å². The van der Waals surface area contributed by atoms with Crippen LogP contribution in [0.4, 0.5) is 10.5 Å². The molecule has 108 valence electrons. The molecule has 0 fully saturated rings. The summed E-state index contributed by atoms with van der Waals surface area (Å²) in [5, 5.41) is 18.5. The minimum atomic E-state index is -1.54. The summed E-state index contributed by atoms with van der Waals surface area (Å²) >= 11 is 0. The maximum absolute atomic E-state index is 12.2. The number of rotatable bonds is 1. The Bertz CT molecular complexity index is 510. The zero-order chi connectivity index (χ0) is 14.9. The van der Waals surface area contributed by atoms with Gasteiger partial charge in [-0.3, -0.25) is 4.90 Å². The number of hydrogen-bond acceptors (Lipinski definition) is 4. The van der Waals surface area contributed by atoms with Crippen LogP contribution >= 0.6 is 0 Å². The molecule has 2 rings (SSSR count). The van der Waals surface area contributed by atoms with Crippen molar-refractivity contribution in [1.29, 1.82) is 0 Å². The minimum Gasteiger partial charge on any atom is -0.443 e. The van der Waals surface area contributed by atoms with E-state index in [-0.39, 0.29) is 0 Å². The Morgan fingerprint density at radius 2 is 2.05 bits per heavy atom. The van der Waals surface area contributed by atoms with Crippen LogP contribution < -0.4 is 10.4 Å². The number of carbonyl (C=O) groups excluding carboxylic acids is 1. The zero-order valence-electron chi connectivity index (χ0n) is 12.1. The van der Waals surface area contributed by atoms with Crippen molar-refractivity contribution in [1.82, 2.24) is 0 Å². The van der Waals surface area contributed by atoms with Gasteiger partial charge >= 0.3 is 13.2 Å². The Morgan fingerprint density at radius 3 is 2.65 bits per heavy atom. The lowest BCUT2D eigenvalue weighted by molar-refractivity contribution is 0.0578. The Balaban J connectivity index is 2.31. The first-order valence-electron chi connectivity index (χ1n) is 6.77. The summed E-state index contributed by atoms with van der Waals surface area (Å²) in [5.41, 5.74) is 1.55. The first-order valence-corrected chi connectivity index (χ1v) is 6.77. The summed E-state index contributed by atoms with van der Waals surface area (Å²) in [5.74, 6) is 0. The molecule has 0 radical (unpaired) electrons. The molecule has 1 amide bonds. The monoisotopic (exact) mass is 277 g/mol. The topological polar surface area (TPSA) is 70.0 Å². The number of aryl methyl sites for hydroxylation is 1. The average Bonchev–Trinajstić information content (AvgIpc) is 2.35. The van der Waals surface area contributed by atoms with Crippen molar-refractivity contribution in [3.05, 3.63) is 23.8 Å². The molecule has 0 spiro atoms. The molecule has 0 atom stereocenters. The van der Waals surface area contributed by atoms with Crippen LogP contribution in [0.1, 0.15) is 32.8 Å². The predicted molar refractivity (Wildman–Crippen MR) is 78.2 cm³/mol. The Morgan fingerprint density at radius 1 is 1.35 bits per heavy atom. The van der Waals surface area contributed by atoms with Gasteiger partial charge < -0.3 is 14.8 Å². The van der Waals surface area contributed by atoms with Crippen LogP contribution in [0.15, 0.2) is 18.2 Å². The maximum Gasteiger partial charge on any atom is 0.488 e. The maximum atomic E-state index is 12.2. The third kappa shape index (κ3) is 3.32. The standard InChI is InChI=1S/C14H20BNO4/c1-14(2,3)20-13(17)16-8-4-5-10-6-7-11(15(18)19)9-12(10)16/h6-7,9,18-19H,4-5,8H2,1-3H3. The number of carbonyl (C=O) groups is 1. The van der Waals surface area contributed by atoms with E-state index in [2.05, 4.69) is 0 Å². The van der Waals surface area contributed by atoms with E-state index in [4.69, 9.17) is 4.74 Å². The summed E-state index contributed by atoms with van der Waals surface area (Å²) in [7, 11) is -1.54. The predicted octanol–water partition coefficient (Wildman–Crippen LogP) is 1.05. The van der Waals surface area contributed by atoms with Gasteiger partial charge in [-0.05, 0) is 50.7 Å². The Hall–Kier alpha value is -1.53. The number of amides is 1. The number of benzene rings is 1. The van der Waals surface area contributed by atoms with Crippen molar-refractivity contribution in [2.24, 2.45) is 0 Å². The van der Waals surface area contributed by atoms with Gasteiger partial charge in [0.2, 0.25) is 0 Å². The molecule has 1 aromatic rings. The molecule has 0 saturated heterocycles. The second-order valence-electron chi connectivity index (χ2n) is 6.00. The van der Waals surface area contributed by atoms with E-state index < -0.39 is 18.8 Å². The molecule has 5 nitrogen and oxygen atoms in total. The second-order valence-corrected chi connectivity index (χ2v) is 6.00. The molecule has 1 aromatic carbocycles. The molecule has 0 aromatic heterocycles. The SMILES string of the molecule is CC(C)(C)OC(=O)N1CCCc2ccc(B(O)O)cc21. The van der Waals surface area contributed by atoms with Gasteiger partial charge in [-0.2, -0.15) is 0 Å². The van der Waals surface area contributed by atoms with Gasteiger partial charge in [-0.25, -0.2) is 4.79 Å². The molecular formula is C14H20BNO4. The molecule has 0 unspecified atom stereocenters. The zero-order valence-corrected chi connectivity index (χ0v) is 12.1. The molecule has 1 heterocycles. The van der Waals surface area contributed by atoms with Crippen molar-refractivity contribution < 1.29 is 19.6 Å². The molecular weight excluding hydrogens is 257 g/mol. The third-order valence-corrected chi connectivity index (χ3v) is 3.14. The van der Waals surface area contributed by atoms with Crippen molar-refractivity contribution in [2.75, 3.05) is 11.4 Å². The van der Waals surface area contributed by atoms with Crippen LogP contribution in [0, 0.1) is 0 Å². The summed E-state index contributed by atoms with van der Waals surface area (Å²) in [4.78, 5) is 13.8. The van der Waals surface area contributed by atoms with E-state index >= 15 is 0 Å². The van der Waals surface area contributed by atoms with Gasteiger partial charge in [-0.15, -0.1) is 0 Å². The van der Waals surface area contributed by atoms with Gasteiger partial charge in [0.25, 0.3) is 0 Å². The summed E-state index contributed by atoms with van der Waals surface area (Å²) in [6.07, 6.45) is 1.34. The van der Waals surface area contributed by atoms with Crippen LogP contribution in [-0.2, 0) is 11.2 Å². The van der Waals surface area contributed by atoms with Crippen LogP contribution in [0.5, 0.6) is 0 Å². The van der Waals surface area contributed by atoms with Gasteiger partial charge in [-0.1, -0.05) is 12.1 Å². The second kappa shape index (κ2) is 5.46. The Labute approximate surface area is 119 Å². The fourth-order valence-corrected chi connectivity index (χ4v) is 2.26. The normalized spacial score (nSPS) is 14.8. The molecule has 2 N–H and O–H groups in total. The minimum absolute atomic E-state index is 0.374. The lowest BCUT2D eigenvalue weighted by Gasteiger charge is -2.32. The van der Waals surface area contributed by atoms with Gasteiger partial charge in [0.1, 0.15) is 5.60 Å². The van der Waals surface area contributed by atoms with E-state index in [0.29, 0.717) is 17.7 Å². The number of nitrogens with zero attached hydrogens (tertiary/aromatic N) is 1. The van der Waals surface area contributed by atoms with Crippen LogP contribution in [0.3, 0.4) is 0 Å². The molecule has 6 heteroatoms. The molecule has 0 aliphatic carbocycles. The smallest absolute Gasteiger partial charge is 0.443 e.